The third-order valence-electron chi connectivity index (χ3n) is 3.83. The van der Waals surface area contributed by atoms with Gasteiger partial charge < -0.3 is 10.1 Å². The molecule has 0 aromatic heterocycles. The summed E-state index contributed by atoms with van der Waals surface area (Å²) in [5, 5.41) is 2.94. The Morgan fingerprint density at radius 1 is 1.26 bits per heavy atom. The van der Waals surface area contributed by atoms with Crippen molar-refractivity contribution in [3.63, 3.8) is 0 Å². The molecule has 5 nitrogen and oxygen atoms in total. The number of hydrogen-bond acceptors (Lipinski definition) is 3. The van der Waals surface area contributed by atoms with E-state index in [9.17, 15) is 9.59 Å². The van der Waals surface area contributed by atoms with Crippen molar-refractivity contribution in [1.29, 1.82) is 0 Å². The summed E-state index contributed by atoms with van der Waals surface area (Å²) in [6.45, 7) is 6.87. The molecule has 1 spiro atoms. The van der Waals surface area contributed by atoms with E-state index in [4.69, 9.17) is 4.74 Å². The number of carbonyl (C=O) groups is 2. The summed E-state index contributed by atoms with van der Waals surface area (Å²) < 4.78 is 5.45. The van der Waals surface area contributed by atoms with E-state index in [0.29, 0.717) is 13.1 Å². The molecule has 1 unspecified atom stereocenters. The fraction of sp³-hybridized carbons (Fsp3) is 0.857. The van der Waals surface area contributed by atoms with Crippen molar-refractivity contribution in [1.82, 2.24) is 10.2 Å². The maximum Gasteiger partial charge on any atom is 0.411 e. The molecule has 2 saturated heterocycles. The van der Waals surface area contributed by atoms with Gasteiger partial charge in [0.05, 0.1) is 0 Å². The summed E-state index contributed by atoms with van der Waals surface area (Å²) in [6.07, 6.45) is 3.96. The first-order valence-corrected chi connectivity index (χ1v) is 7.14. The number of amides is 2. The van der Waals surface area contributed by atoms with E-state index < -0.39 is 11.1 Å². The smallest absolute Gasteiger partial charge is 0.411 e. The van der Waals surface area contributed by atoms with E-state index in [1.165, 1.54) is 0 Å². The van der Waals surface area contributed by atoms with Crippen LogP contribution >= 0.6 is 0 Å². The molecule has 0 aromatic carbocycles. The van der Waals surface area contributed by atoms with Crippen LogP contribution in [0.3, 0.4) is 0 Å². The second-order valence-electron chi connectivity index (χ2n) is 6.48. The molecule has 0 bridgehead atoms. The van der Waals surface area contributed by atoms with Crippen LogP contribution in [0, 0.1) is 0 Å². The van der Waals surface area contributed by atoms with E-state index in [0.717, 1.165) is 32.1 Å². The molecule has 1 N–H and O–H groups in total. The Hall–Kier alpha value is -1.26. The number of carbonyl (C=O) groups excluding carboxylic acids is 2. The van der Waals surface area contributed by atoms with Crippen molar-refractivity contribution < 1.29 is 14.3 Å². The first kappa shape index (κ1) is 14.2. The summed E-state index contributed by atoms with van der Waals surface area (Å²) >= 11 is 0. The lowest BCUT2D eigenvalue weighted by Gasteiger charge is -2.36. The fourth-order valence-electron chi connectivity index (χ4n) is 2.98. The average Bonchev–Trinajstić information content (AvgIpc) is 2.62. The third-order valence-corrected chi connectivity index (χ3v) is 3.83. The van der Waals surface area contributed by atoms with Gasteiger partial charge in [-0.05, 0) is 52.9 Å². The average molecular weight is 268 g/mol. The SMILES string of the molecule is CC(C)(C)OC(=O)N1CCCC12CCCCNC2=O. The minimum atomic E-state index is -0.668. The molecule has 0 saturated carbocycles. The highest BCUT2D eigenvalue weighted by atomic mass is 16.6. The van der Waals surface area contributed by atoms with Gasteiger partial charge in [-0.25, -0.2) is 4.79 Å². The molecule has 2 amide bonds. The van der Waals surface area contributed by atoms with Crippen molar-refractivity contribution in [2.45, 2.75) is 64.0 Å². The van der Waals surface area contributed by atoms with E-state index in [1.54, 1.807) is 4.90 Å². The van der Waals surface area contributed by atoms with Crippen LogP contribution in [0.4, 0.5) is 4.79 Å². The molecule has 2 heterocycles. The number of hydrogen-bond donors (Lipinski definition) is 1. The van der Waals surface area contributed by atoms with E-state index >= 15 is 0 Å². The van der Waals surface area contributed by atoms with Gasteiger partial charge in [0, 0.05) is 13.1 Å². The van der Waals surface area contributed by atoms with Crippen molar-refractivity contribution in [3.8, 4) is 0 Å². The van der Waals surface area contributed by atoms with E-state index in [2.05, 4.69) is 5.32 Å². The van der Waals surface area contributed by atoms with Gasteiger partial charge in [0.2, 0.25) is 5.91 Å². The summed E-state index contributed by atoms with van der Waals surface area (Å²) in [7, 11) is 0. The van der Waals surface area contributed by atoms with Crippen LogP contribution in [-0.4, -0.2) is 41.1 Å². The highest BCUT2D eigenvalue weighted by Crippen LogP contribution is 2.36. The van der Waals surface area contributed by atoms with Crippen LogP contribution in [0.5, 0.6) is 0 Å². The van der Waals surface area contributed by atoms with Crippen LogP contribution in [0.25, 0.3) is 0 Å². The molecule has 2 fully saturated rings. The van der Waals surface area contributed by atoms with Gasteiger partial charge in [-0.15, -0.1) is 0 Å². The molecule has 2 aliphatic rings. The van der Waals surface area contributed by atoms with Crippen LogP contribution in [-0.2, 0) is 9.53 Å². The molecule has 0 aromatic rings. The van der Waals surface area contributed by atoms with Crippen LogP contribution in [0.1, 0.15) is 52.9 Å². The Morgan fingerprint density at radius 3 is 2.63 bits per heavy atom. The number of nitrogens with zero attached hydrogens (tertiary/aromatic N) is 1. The Morgan fingerprint density at radius 2 is 1.95 bits per heavy atom. The lowest BCUT2D eigenvalue weighted by atomic mass is 9.90. The molecular weight excluding hydrogens is 244 g/mol. The van der Waals surface area contributed by atoms with E-state index in [1.807, 2.05) is 20.8 Å². The molecule has 2 rings (SSSR count). The fourth-order valence-corrected chi connectivity index (χ4v) is 2.98. The zero-order valence-electron chi connectivity index (χ0n) is 12.1. The minimum absolute atomic E-state index is 0.00615. The van der Waals surface area contributed by atoms with Crippen molar-refractivity contribution in [2.24, 2.45) is 0 Å². The molecule has 19 heavy (non-hydrogen) atoms. The van der Waals surface area contributed by atoms with Crippen LogP contribution in [0.15, 0.2) is 0 Å². The molecule has 1 atom stereocenters. The van der Waals surface area contributed by atoms with Gasteiger partial charge in [0.15, 0.2) is 0 Å². The normalized spacial score (nSPS) is 28.2. The Kier molecular flexibility index (Phi) is 3.74. The van der Waals surface area contributed by atoms with Crippen molar-refractivity contribution in [3.05, 3.63) is 0 Å². The predicted octanol–water partition coefficient (Wildman–Crippen LogP) is 2.06. The maximum absolute atomic E-state index is 12.4. The molecular formula is C14H24N2O3. The number of nitrogens with one attached hydrogen (secondary N) is 1. The van der Waals surface area contributed by atoms with Gasteiger partial charge in [-0.3, -0.25) is 9.69 Å². The van der Waals surface area contributed by atoms with Crippen molar-refractivity contribution >= 4 is 12.0 Å². The number of ether oxygens (including phenoxy) is 1. The molecule has 0 aliphatic carbocycles. The Balaban J connectivity index is 2.19. The standard InChI is InChI=1S/C14H24N2O3/c1-13(2,3)19-12(18)16-10-6-8-14(16)7-4-5-9-15-11(14)17/h4-10H2,1-3H3,(H,15,17). The molecule has 108 valence electrons. The Labute approximate surface area is 114 Å². The van der Waals surface area contributed by atoms with Gasteiger partial charge in [0.25, 0.3) is 0 Å². The highest BCUT2D eigenvalue weighted by molar-refractivity contribution is 5.90. The first-order valence-electron chi connectivity index (χ1n) is 7.14. The largest absolute Gasteiger partial charge is 0.444 e. The van der Waals surface area contributed by atoms with Gasteiger partial charge in [-0.2, -0.15) is 0 Å². The molecule has 2 aliphatic heterocycles. The third kappa shape index (κ3) is 2.85. The highest BCUT2D eigenvalue weighted by Gasteiger charge is 2.50. The quantitative estimate of drug-likeness (QED) is 0.731. The number of rotatable bonds is 0. The van der Waals surface area contributed by atoms with Crippen molar-refractivity contribution in [2.75, 3.05) is 13.1 Å². The Bertz CT molecular complexity index is 375. The van der Waals surface area contributed by atoms with Crippen LogP contribution < -0.4 is 5.32 Å². The first-order chi connectivity index (χ1) is 8.85. The van der Waals surface area contributed by atoms with Gasteiger partial charge in [-0.1, -0.05) is 0 Å². The summed E-state index contributed by atoms with van der Waals surface area (Å²) in [6, 6.07) is 0. The molecule has 5 heteroatoms. The predicted molar refractivity (Wildman–Crippen MR) is 71.8 cm³/mol. The summed E-state index contributed by atoms with van der Waals surface area (Å²) in [5.41, 5.74) is -1.19. The maximum atomic E-state index is 12.4. The van der Waals surface area contributed by atoms with Crippen LogP contribution in [0.2, 0.25) is 0 Å². The topological polar surface area (TPSA) is 58.6 Å². The lowest BCUT2D eigenvalue weighted by Crippen LogP contribution is -2.57. The zero-order chi connectivity index (χ0) is 14.1. The lowest BCUT2D eigenvalue weighted by molar-refractivity contribution is -0.131. The second-order valence-corrected chi connectivity index (χ2v) is 6.48. The second kappa shape index (κ2) is 5.02. The molecule has 0 radical (unpaired) electrons. The summed E-state index contributed by atoms with van der Waals surface area (Å²) in [5.74, 6) is -0.00615. The summed E-state index contributed by atoms with van der Waals surface area (Å²) in [4.78, 5) is 26.3. The monoisotopic (exact) mass is 268 g/mol. The number of likely N-dealkylation sites (tertiary alicyclic amines) is 1. The minimum Gasteiger partial charge on any atom is -0.444 e. The zero-order valence-corrected chi connectivity index (χ0v) is 12.1. The van der Waals surface area contributed by atoms with E-state index in [-0.39, 0.29) is 12.0 Å². The van der Waals surface area contributed by atoms with Gasteiger partial charge in [0.1, 0.15) is 11.1 Å². The van der Waals surface area contributed by atoms with Gasteiger partial charge >= 0.3 is 6.09 Å².